The lowest BCUT2D eigenvalue weighted by atomic mass is 9.98. The zero-order valence-electron chi connectivity index (χ0n) is 5.88. The van der Waals surface area contributed by atoms with Crippen LogP contribution in [0.25, 0.3) is 0 Å². The van der Waals surface area contributed by atoms with Gasteiger partial charge in [0.25, 0.3) is 0 Å². The Morgan fingerprint density at radius 2 is 2.60 bits per heavy atom. The molecule has 1 fully saturated rings. The number of rotatable bonds is 0. The Hall–Kier alpha value is -0.760. The minimum Gasteiger partial charge on any atom is -0.314 e. The van der Waals surface area contributed by atoms with Gasteiger partial charge in [0.2, 0.25) is 0 Å². The molecule has 0 spiro atoms. The maximum absolute atomic E-state index is 4.34. The third-order valence-electron chi connectivity index (χ3n) is 2.02. The summed E-state index contributed by atoms with van der Waals surface area (Å²) in [6.45, 7) is 2.14. The molecular weight excluding hydrogens is 124 g/mol. The van der Waals surface area contributed by atoms with Gasteiger partial charge in [-0.2, -0.15) is 0 Å². The van der Waals surface area contributed by atoms with E-state index in [4.69, 9.17) is 0 Å². The number of nitrogens with zero attached hydrogens (tertiary/aromatic N) is 1. The third-order valence-corrected chi connectivity index (χ3v) is 2.02. The summed E-state index contributed by atoms with van der Waals surface area (Å²) in [5.74, 6) is 0. The number of hydrogen-bond acceptors (Lipinski definition) is 1. The first kappa shape index (κ1) is 5.98. The van der Waals surface area contributed by atoms with Crippen molar-refractivity contribution in [2.24, 2.45) is 0 Å². The molecule has 0 bridgehead atoms. The SMILES string of the molecule is C1=C[N]C2CNCCC2=C1. The van der Waals surface area contributed by atoms with Gasteiger partial charge in [-0.3, -0.25) is 5.32 Å². The molecular formula is C8H11N2. The van der Waals surface area contributed by atoms with Gasteiger partial charge >= 0.3 is 0 Å². The summed E-state index contributed by atoms with van der Waals surface area (Å²) in [6, 6.07) is 0.443. The van der Waals surface area contributed by atoms with Crippen molar-refractivity contribution in [3.8, 4) is 0 Å². The number of nitrogens with one attached hydrogen (secondary N) is 1. The monoisotopic (exact) mass is 135 g/mol. The molecule has 0 saturated carbocycles. The molecule has 2 aliphatic rings. The molecule has 0 aliphatic carbocycles. The van der Waals surface area contributed by atoms with Crippen molar-refractivity contribution < 1.29 is 0 Å². The van der Waals surface area contributed by atoms with Crippen LogP contribution in [0, 0.1) is 0 Å². The van der Waals surface area contributed by atoms with Crippen LogP contribution in [0.5, 0.6) is 0 Å². The zero-order chi connectivity index (χ0) is 6.81. The lowest BCUT2D eigenvalue weighted by Gasteiger charge is -2.26. The Labute approximate surface area is 61.0 Å². The summed E-state index contributed by atoms with van der Waals surface area (Å²) in [6.07, 6.45) is 7.27. The van der Waals surface area contributed by atoms with Gasteiger partial charge in [-0.05, 0) is 24.6 Å². The smallest absolute Gasteiger partial charge is 0.0836 e. The van der Waals surface area contributed by atoms with Crippen molar-refractivity contribution in [1.82, 2.24) is 10.6 Å². The molecule has 1 unspecified atom stereocenters. The fraction of sp³-hybridized carbons (Fsp3) is 0.500. The molecule has 1 radical (unpaired) electrons. The van der Waals surface area contributed by atoms with Crippen LogP contribution in [-0.2, 0) is 0 Å². The molecule has 0 aromatic carbocycles. The van der Waals surface area contributed by atoms with E-state index >= 15 is 0 Å². The average molecular weight is 135 g/mol. The second-order valence-electron chi connectivity index (χ2n) is 2.70. The highest BCUT2D eigenvalue weighted by Gasteiger charge is 2.18. The van der Waals surface area contributed by atoms with E-state index in [9.17, 15) is 0 Å². The molecule has 0 aromatic heterocycles. The molecule has 0 amide bonds. The third kappa shape index (κ3) is 0.948. The normalized spacial score (nSPS) is 30.4. The van der Waals surface area contributed by atoms with Gasteiger partial charge in [-0.15, -0.1) is 0 Å². The van der Waals surface area contributed by atoms with Crippen molar-refractivity contribution in [2.45, 2.75) is 12.5 Å². The Bertz CT molecular complexity index is 182. The predicted molar refractivity (Wildman–Crippen MR) is 40.6 cm³/mol. The molecule has 10 heavy (non-hydrogen) atoms. The van der Waals surface area contributed by atoms with E-state index < -0.39 is 0 Å². The minimum absolute atomic E-state index is 0.443. The zero-order valence-corrected chi connectivity index (χ0v) is 5.88. The van der Waals surface area contributed by atoms with Crippen molar-refractivity contribution >= 4 is 0 Å². The van der Waals surface area contributed by atoms with Crippen LogP contribution in [0.2, 0.25) is 0 Å². The van der Waals surface area contributed by atoms with Gasteiger partial charge in [-0.25, -0.2) is 0 Å². The van der Waals surface area contributed by atoms with Crippen LogP contribution in [0.1, 0.15) is 6.42 Å². The Balaban J connectivity index is 2.14. The van der Waals surface area contributed by atoms with E-state index in [0.717, 1.165) is 13.1 Å². The van der Waals surface area contributed by atoms with Gasteiger partial charge in [0.15, 0.2) is 0 Å². The standard InChI is InChI=1S/C8H11N2/c1-2-7-3-5-9-6-8(7)10-4-1/h1-2,4,8-9H,3,5-6H2. The summed E-state index contributed by atoms with van der Waals surface area (Å²) in [5, 5.41) is 7.66. The first-order valence-corrected chi connectivity index (χ1v) is 3.73. The van der Waals surface area contributed by atoms with E-state index in [-0.39, 0.29) is 0 Å². The quantitative estimate of drug-likeness (QED) is 0.511. The number of piperidine rings is 1. The Kier molecular flexibility index (Phi) is 1.47. The van der Waals surface area contributed by atoms with Gasteiger partial charge in [0, 0.05) is 12.7 Å². The molecule has 1 N–H and O–H groups in total. The molecule has 2 nitrogen and oxygen atoms in total. The highest BCUT2D eigenvalue weighted by molar-refractivity contribution is 5.24. The second-order valence-corrected chi connectivity index (χ2v) is 2.70. The molecule has 1 atom stereocenters. The number of hydrogen-bond donors (Lipinski definition) is 1. The van der Waals surface area contributed by atoms with Crippen LogP contribution >= 0.6 is 0 Å². The lowest BCUT2D eigenvalue weighted by molar-refractivity contribution is 0.501. The van der Waals surface area contributed by atoms with E-state index in [1.165, 1.54) is 12.0 Å². The molecule has 1 saturated heterocycles. The van der Waals surface area contributed by atoms with Crippen LogP contribution < -0.4 is 10.6 Å². The molecule has 0 aromatic rings. The summed E-state index contributed by atoms with van der Waals surface area (Å²) in [4.78, 5) is 0. The minimum atomic E-state index is 0.443. The summed E-state index contributed by atoms with van der Waals surface area (Å²) >= 11 is 0. The van der Waals surface area contributed by atoms with Crippen molar-refractivity contribution in [3.05, 3.63) is 23.9 Å². The fourth-order valence-electron chi connectivity index (χ4n) is 1.43. The largest absolute Gasteiger partial charge is 0.314 e. The summed E-state index contributed by atoms with van der Waals surface area (Å²) in [7, 11) is 0. The van der Waals surface area contributed by atoms with Crippen LogP contribution in [0.3, 0.4) is 0 Å². The van der Waals surface area contributed by atoms with Crippen molar-refractivity contribution in [1.29, 1.82) is 0 Å². The van der Waals surface area contributed by atoms with E-state index in [2.05, 4.69) is 16.7 Å². The van der Waals surface area contributed by atoms with Gasteiger partial charge in [0.05, 0.1) is 6.04 Å². The highest BCUT2D eigenvalue weighted by atomic mass is 15.0. The van der Waals surface area contributed by atoms with Crippen LogP contribution in [0.15, 0.2) is 23.9 Å². The highest BCUT2D eigenvalue weighted by Crippen LogP contribution is 2.14. The molecule has 2 heterocycles. The number of allylic oxidation sites excluding steroid dienone is 2. The van der Waals surface area contributed by atoms with E-state index in [1.807, 2.05) is 12.3 Å². The van der Waals surface area contributed by atoms with Crippen LogP contribution in [-0.4, -0.2) is 19.1 Å². The summed E-state index contributed by atoms with van der Waals surface area (Å²) in [5.41, 5.74) is 1.49. The summed E-state index contributed by atoms with van der Waals surface area (Å²) < 4.78 is 0. The first-order chi connectivity index (χ1) is 4.97. The second kappa shape index (κ2) is 2.46. The topological polar surface area (TPSA) is 26.1 Å². The van der Waals surface area contributed by atoms with E-state index in [1.54, 1.807) is 0 Å². The average Bonchev–Trinajstić information content (AvgIpc) is 2.05. The molecule has 2 heteroatoms. The van der Waals surface area contributed by atoms with Gasteiger partial charge in [-0.1, -0.05) is 6.08 Å². The molecule has 53 valence electrons. The predicted octanol–water partition coefficient (Wildman–Crippen LogP) is 0.406. The maximum Gasteiger partial charge on any atom is 0.0836 e. The fourth-order valence-corrected chi connectivity index (χ4v) is 1.43. The number of fused-ring (bicyclic) bond motifs is 1. The Morgan fingerprint density at radius 1 is 1.60 bits per heavy atom. The van der Waals surface area contributed by atoms with Gasteiger partial charge in [0.1, 0.15) is 0 Å². The maximum atomic E-state index is 4.34. The molecule has 2 rings (SSSR count). The van der Waals surface area contributed by atoms with Crippen molar-refractivity contribution in [2.75, 3.05) is 13.1 Å². The van der Waals surface area contributed by atoms with Gasteiger partial charge < -0.3 is 5.32 Å². The lowest BCUT2D eigenvalue weighted by Crippen LogP contribution is -2.40. The van der Waals surface area contributed by atoms with E-state index in [0.29, 0.717) is 6.04 Å². The first-order valence-electron chi connectivity index (χ1n) is 3.73. The van der Waals surface area contributed by atoms with Crippen molar-refractivity contribution in [3.63, 3.8) is 0 Å². The Morgan fingerprint density at radius 3 is 3.50 bits per heavy atom. The van der Waals surface area contributed by atoms with Crippen LogP contribution in [0.4, 0.5) is 0 Å². The molecule has 2 aliphatic heterocycles.